The highest BCUT2D eigenvalue weighted by molar-refractivity contribution is 7.08. The van der Waals surface area contributed by atoms with Crippen LogP contribution < -0.4 is 5.32 Å². The Morgan fingerprint density at radius 3 is 3.00 bits per heavy atom. The number of nitrogens with zero attached hydrogens (tertiary/aromatic N) is 3. The summed E-state index contributed by atoms with van der Waals surface area (Å²) in [6, 6.07) is 2.03. The number of rotatable bonds is 5. The van der Waals surface area contributed by atoms with E-state index in [4.69, 9.17) is 5.26 Å². The molecule has 1 aromatic rings. The summed E-state index contributed by atoms with van der Waals surface area (Å²) in [6.07, 6.45) is 1.13. The lowest BCUT2D eigenvalue weighted by Crippen LogP contribution is -2.24. The van der Waals surface area contributed by atoms with Crippen LogP contribution in [0.15, 0.2) is 0 Å². The lowest BCUT2D eigenvalue weighted by molar-refractivity contribution is 0.0956. The number of unbranched alkanes of at least 4 members (excludes halogenated alkanes) is 1. The van der Waals surface area contributed by atoms with Crippen molar-refractivity contribution in [2.45, 2.75) is 32.6 Å². The zero-order chi connectivity index (χ0) is 12.0. The minimum Gasteiger partial charge on any atom is -0.351 e. The predicted molar refractivity (Wildman–Crippen MR) is 61.2 cm³/mol. The summed E-state index contributed by atoms with van der Waals surface area (Å²) >= 11 is 1.11. The van der Waals surface area contributed by atoms with E-state index in [2.05, 4.69) is 14.9 Å². The van der Waals surface area contributed by atoms with Gasteiger partial charge in [0.25, 0.3) is 5.91 Å². The molecule has 1 amide bonds. The van der Waals surface area contributed by atoms with Gasteiger partial charge in [0.05, 0.1) is 11.8 Å². The monoisotopic (exact) mass is 238 g/mol. The minimum atomic E-state index is -0.142. The van der Waals surface area contributed by atoms with Crippen LogP contribution in [0.5, 0.6) is 0 Å². The number of carbonyl (C=O) groups excluding carboxylic acids is 1. The third-order valence-corrected chi connectivity index (χ3v) is 2.76. The molecule has 0 spiro atoms. The van der Waals surface area contributed by atoms with Gasteiger partial charge in [0.2, 0.25) is 0 Å². The van der Waals surface area contributed by atoms with E-state index in [0.29, 0.717) is 24.3 Å². The normalized spacial score (nSPS) is 10.1. The molecule has 0 aliphatic rings. The average Bonchev–Trinajstić information content (AvgIpc) is 2.73. The molecule has 0 aliphatic carbocycles. The molecule has 0 aliphatic heterocycles. The van der Waals surface area contributed by atoms with Crippen molar-refractivity contribution in [1.29, 1.82) is 5.26 Å². The number of nitriles is 1. The maximum Gasteiger partial charge on any atom is 0.264 e. The first-order valence-corrected chi connectivity index (χ1v) is 5.91. The third-order valence-electron chi connectivity index (χ3n) is 2.02. The van der Waals surface area contributed by atoms with Gasteiger partial charge < -0.3 is 5.32 Å². The first-order valence-electron chi connectivity index (χ1n) is 5.14. The van der Waals surface area contributed by atoms with Crippen LogP contribution in [0.3, 0.4) is 0 Å². The predicted octanol–water partition coefficient (Wildman–Crippen LogP) is 1.70. The quantitative estimate of drug-likeness (QED) is 0.792. The van der Waals surface area contributed by atoms with Crippen LogP contribution in [-0.4, -0.2) is 22.0 Å². The average molecular weight is 238 g/mol. The second-order valence-corrected chi connectivity index (χ2v) is 4.41. The second kappa shape index (κ2) is 6.18. The molecule has 0 saturated carbocycles. The van der Waals surface area contributed by atoms with Crippen molar-refractivity contribution in [1.82, 2.24) is 14.9 Å². The Labute approximate surface area is 98.6 Å². The van der Waals surface area contributed by atoms with Crippen molar-refractivity contribution >= 4 is 17.4 Å². The van der Waals surface area contributed by atoms with Gasteiger partial charge in [-0.15, -0.1) is 5.10 Å². The molecule has 0 bridgehead atoms. The van der Waals surface area contributed by atoms with Gasteiger partial charge in [0.15, 0.2) is 0 Å². The molecule has 6 heteroatoms. The Balaban J connectivity index is 2.53. The number of hydrogen-bond donors (Lipinski definition) is 1. The molecule has 86 valence electrons. The Bertz CT molecular complexity index is 394. The topological polar surface area (TPSA) is 78.7 Å². The van der Waals surface area contributed by atoms with E-state index in [1.54, 1.807) is 0 Å². The van der Waals surface area contributed by atoms with Crippen LogP contribution >= 0.6 is 11.5 Å². The molecule has 0 radical (unpaired) electrons. The first kappa shape index (κ1) is 12.6. The molecule has 1 heterocycles. The highest BCUT2D eigenvalue weighted by Crippen LogP contribution is 2.19. The second-order valence-electron chi connectivity index (χ2n) is 3.66. The van der Waals surface area contributed by atoms with Gasteiger partial charge in [-0.3, -0.25) is 4.79 Å². The number of hydrogen-bond acceptors (Lipinski definition) is 5. The Morgan fingerprint density at radius 1 is 1.62 bits per heavy atom. The Hall–Kier alpha value is -1.48. The molecule has 0 unspecified atom stereocenters. The van der Waals surface area contributed by atoms with Crippen molar-refractivity contribution < 1.29 is 4.79 Å². The largest absolute Gasteiger partial charge is 0.351 e. The van der Waals surface area contributed by atoms with Gasteiger partial charge >= 0.3 is 0 Å². The van der Waals surface area contributed by atoms with E-state index in [9.17, 15) is 4.79 Å². The fourth-order valence-corrected chi connectivity index (χ4v) is 1.92. The number of amides is 1. The van der Waals surface area contributed by atoms with Gasteiger partial charge in [-0.05, 0) is 23.9 Å². The van der Waals surface area contributed by atoms with E-state index in [-0.39, 0.29) is 11.8 Å². The van der Waals surface area contributed by atoms with Gasteiger partial charge in [-0.1, -0.05) is 18.3 Å². The zero-order valence-electron chi connectivity index (χ0n) is 9.36. The van der Waals surface area contributed by atoms with Gasteiger partial charge in [-0.2, -0.15) is 5.26 Å². The lowest BCUT2D eigenvalue weighted by Gasteiger charge is -2.04. The summed E-state index contributed by atoms with van der Waals surface area (Å²) < 4.78 is 3.79. The molecule has 5 nitrogen and oxygen atoms in total. The Kier molecular flexibility index (Phi) is 4.86. The molecule has 0 aromatic carbocycles. The van der Waals surface area contributed by atoms with Crippen molar-refractivity contribution in [3.05, 3.63) is 10.6 Å². The lowest BCUT2D eigenvalue weighted by atomic mass is 10.1. The fraction of sp³-hybridized carbons (Fsp3) is 0.600. The third kappa shape index (κ3) is 3.28. The molecular formula is C10H14N4OS. The molecular weight excluding hydrogens is 224 g/mol. The van der Waals surface area contributed by atoms with Gasteiger partial charge in [0.1, 0.15) is 4.88 Å². The standard InChI is InChI=1S/C10H14N4OS/c1-7(2)8-9(16-14-13-8)10(15)12-6-4-3-5-11/h7H,3-4,6H2,1-2H3,(H,12,15). The van der Waals surface area contributed by atoms with Crippen molar-refractivity contribution in [3.8, 4) is 6.07 Å². The molecule has 1 rings (SSSR count). The van der Waals surface area contributed by atoms with Crippen molar-refractivity contribution in [2.75, 3.05) is 6.54 Å². The van der Waals surface area contributed by atoms with Crippen LogP contribution in [0.1, 0.15) is 48.0 Å². The smallest absolute Gasteiger partial charge is 0.264 e. The van der Waals surface area contributed by atoms with E-state index in [1.807, 2.05) is 19.9 Å². The summed E-state index contributed by atoms with van der Waals surface area (Å²) in [5.74, 6) is 0.0512. The van der Waals surface area contributed by atoms with Crippen molar-refractivity contribution in [3.63, 3.8) is 0 Å². The van der Waals surface area contributed by atoms with E-state index in [0.717, 1.165) is 17.2 Å². The van der Waals surface area contributed by atoms with E-state index < -0.39 is 0 Å². The highest BCUT2D eigenvalue weighted by Gasteiger charge is 2.17. The van der Waals surface area contributed by atoms with Crippen LogP contribution in [0, 0.1) is 11.3 Å². The zero-order valence-corrected chi connectivity index (χ0v) is 10.2. The number of aromatic nitrogens is 2. The summed E-state index contributed by atoms with van der Waals surface area (Å²) in [5.41, 5.74) is 0.739. The molecule has 1 aromatic heterocycles. The molecule has 0 fully saturated rings. The highest BCUT2D eigenvalue weighted by atomic mass is 32.1. The summed E-state index contributed by atoms with van der Waals surface area (Å²) in [4.78, 5) is 12.3. The molecule has 16 heavy (non-hydrogen) atoms. The SMILES string of the molecule is CC(C)c1nnsc1C(=O)NCCCC#N. The van der Waals surface area contributed by atoms with Crippen molar-refractivity contribution in [2.24, 2.45) is 0 Å². The number of carbonyl (C=O) groups is 1. The van der Waals surface area contributed by atoms with Crippen LogP contribution in [0.4, 0.5) is 0 Å². The van der Waals surface area contributed by atoms with Crippen LogP contribution in [0.25, 0.3) is 0 Å². The molecule has 1 N–H and O–H groups in total. The summed E-state index contributed by atoms with van der Waals surface area (Å²) in [7, 11) is 0. The molecule has 0 atom stereocenters. The van der Waals surface area contributed by atoms with Crippen LogP contribution in [0.2, 0.25) is 0 Å². The fourth-order valence-electron chi connectivity index (χ4n) is 1.18. The van der Waals surface area contributed by atoms with Gasteiger partial charge in [-0.25, -0.2) is 0 Å². The number of nitrogens with one attached hydrogen (secondary N) is 1. The minimum absolute atomic E-state index is 0.142. The van der Waals surface area contributed by atoms with Gasteiger partial charge in [0, 0.05) is 13.0 Å². The Morgan fingerprint density at radius 2 is 2.38 bits per heavy atom. The maximum absolute atomic E-state index is 11.7. The van der Waals surface area contributed by atoms with Crippen LogP contribution in [-0.2, 0) is 0 Å². The van der Waals surface area contributed by atoms with E-state index >= 15 is 0 Å². The first-order chi connectivity index (χ1) is 7.66. The summed E-state index contributed by atoms with van der Waals surface area (Å²) in [5, 5.41) is 15.0. The van der Waals surface area contributed by atoms with E-state index in [1.165, 1.54) is 0 Å². The summed E-state index contributed by atoms with van der Waals surface area (Å²) in [6.45, 7) is 4.47. The maximum atomic E-state index is 11.7. The molecule has 0 saturated heterocycles.